The summed E-state index contributed by atoms with van der Waals surface area (Å²) in [6.45, 7) is 0. The molecule has 0 aliphatic heterocycles. The standard InChI is InChI=1S/C19H17N5O2/c1-21-13-5-3-4-12(8-13)19(25)24-18-15(17(20)23-24)9-11-6-7-14(26-2)10-16(11)22-18/h3-10,21H,1-2H3,(H2,20,23). The number of carbonyl (C=O) groups excluding carboxylic acids is 1. The zero-order chi connectivity index (χ0) is 18.3. The first kappa shape index (κ1) is 15.9. The average Bonchev–Trinajstić information content (AvgIpc) is 3.01. The zero-order valence-corrected chi connectivity index (χ0v) is 14.4. The molecule has 0 bridgehead atoms. The molecule has 7 nitrogen and oxygen atoms in total. The third kappa shape index (κ3) is 2.50. The number of aromatic nitrogens is 3. The number of nitrogens with two attached hydrogens (primary N) is 1. The molecule has 0 radical (unpaired) electrons. The summed E-state index contributed by atoms with van der Waals surface area (Å²) in [5, 5.41) is 8.77. The Morgan fingerprint density at radius 1 is 1.19 bits per heavy atom. The Morgan fingerprint density at radius 2 is 2.04 bits per heavy atom. The van der Waals surface area contributed by atoms with Gasteiger partial charge in [-0.25, -0.2) is 4.98 Å². The van der Waals surface area contributed by atoms with E-state index in [1.165, 1.54) is 4.68 Å². The minimum Gasteiger partial charge on any atom is -0.497 e. The van der Waals surface area contributed by atoms with Gasteiger partial charge in [0.1, 0.15) is 5.75 Å². The van der Waals surface area contributed by atoms with Gasteiger partial charge in [0.05, 0.1) is 18.0 Å². The highest BCUT2D eigenvalue weighted by Crippen LogP contribution is 2.27. The van der Waals surface area contributed by atoms with Gasteiger partial charge in [0.15, 0.2) is 11.5 Å². The molecule has 0 aliphatic rings. The number of pyridine rings is 1. The third-order valence-corrected chi connectivity index (χ3v) is 4.28. The summed E-state index contributed by atoms with van der Waals surface area (Å²) in [6, 6.07) is 14.6. The van der Waals surface area contributed by atoms with Crippen molar-refractivity contribution in [2.24, 2.45) is 0 Å². The van der Waals surface area contributed by atoms with Gasteiger partial charge in [-0.3, -0.25) is 4.79 Å². The van der Waals surface area contributed by atoms with Crippen molar-refractivity contribution >= 4 is 39.3 Å². The van der Waals surface area contributed by atoms with E-state index in [-0.39, 0.29) is 11.7 Å². The van der Waals surface area contributed by atoms with E-state index in [0.29, 0.717) is 27.9 Å². The Kier molecular flexibility index (Phi) is 3.69. The number of rotatable bonds is 3. The number of carbonyl (C=O) groups is 1. The van der Waals surface area contributed by atoms with Crippen molar-refractivity contribution in [3.8, 4) is 5.75 Å². The van der Waals surface area contributed by atoms with Crippen LogP contribution in [0.2, 0.25) is 0 Å². The van der Waals surface area contributed by atoms with Crippen LogP contribution in [0.4, 0.5) is 11.5 Å². The highest BCUT2D eigenvalue weighted by molar-refractivity contribution is 6.05. The summed E-state index contributed by atoms with van der Waals surface area (Å²) in [7, 11) is 3.40. The first-order valence-corrected chi connectivity index (χ1v) is 8.06. The zero-order valence-electron chi connectivity index (χ0n) is 14.4. The quantitative estimate of drug-likeness (QED) is 0.592. The topological polar surface area (TPSA) is 95.1 Å². The van der Waals surface area contributed by atoms with Crippen LogP contribution in [0.15, 0.2) is 48.5 Å². The Hall–Kier alpha value is -3.61. The summed E-state index contributed by atoms with van der Waals surface area (Å²) >= 11 is 0. The summed E-state index contributed by atoms with van der Waals surface area (Å²) in [5.41, 5.74) is 8.49. The van der Waals surface area contributed by atoms with Gasteiger partial charge < -0.3 is 15.8 Å². The predicted molar refractivity (Wildman–Crippen MR) is 102 cm³/mol. The summed E-state index contributed by atoms with van der Waals surface area (Å²) in [6.07, 6.45) is 0. The molecule has 0 atom stereocenters. The smallest absolute Gasteiger partial charge is 0.280 e. The van der Waals surface area contributed by atoms with E-state index in [1.54, 1.807) is 26.3 Å². The monoisotopic (exact) mass is 347 g/mol. The van der Waals surface area contributed by atoms with Crippen molar-refractivity contribution in [1.82, 2.24) is 14.8 Å². The minimum atomic E-state index is -0.293. The molecule has 2 aromatic carbocycles. The second-order valence-electron chi connectivity index (χ2n) is 5.85. The van der Waals surface area contributed by atoms with Crippen molar-refractivity contribution in [3.63, 3.8) is 0 Å². The van der Waals surface area contributed by atoms with Gasteiger partial charge in [0.25, 0.3) is 5.91 Å². The number of hydrogen-bond acceptors (Lipinski definition) is 6. The summed E-state index contributed by atoms with van der Waals surface area (Å²) in [4.78, 5) is 17.6. The van der Waals surface area contributed by atoms with Gasteiger partial charge in [0.2, 0.25) is 0 Å². The van der Waals surface area contributed by atoms with Crippen molar-refractivity contribution in [1.29, 1.82) is 0 Å². The second-order valence-corrected chi connectivity index (χ2v) is 5.85. The van der Waals surface area contributed by atoms with E-state index < -0.39 is 0 Å². The van der Waals surface area contributed by atoms with Gasteiger partial charge in [0, 0.05) is 29.8 Å². The average molecular weight is 347 g/mol. The van der Waals surface area contributed by atoms with Crippen LogP contribution in [0.25, 0.3) is 21.9 Å². The molecule has 0 unspecified atom stereocenters. The van der Waals surface area contributed by atoms with Crippen LogP contribution in [0, 0.1) is 0 Å². The van der Waals surface area contributed by atoms with Crippen molar-refractivity contribution < 1.29 is 9.53 Å². The Labute approximate surface area is 149 Å². The first-order valence-electron chi connectivity index (χ1n) is 8.06. The largest absolute Gasteiger partial charge is 0.497 e. The van der Waals surface area contributed by atoms with Gasteiger partial charge >= 0.3 is 0 Å². The molecule has 4 rings (SSSR count). The minimum absolute atomic E-state index is 0.267. The lowest BCUT2D eigenvalue weighted by molar-refractivity contribution is 0.0950. The normalized spacial score (nSPS) is 11.0. The molecule has 0 saturated carbocycles. The van der Waals surface area contributed by atoms with Crippen molar-refractivity contribution in [3.05, 3.63) is 54.1 Å². The summed E-state index contributed by atoms with van der Waals surface area (Å²) < 4.78 is 6.50. The molecule has 0 spiro atoms. The van der Waals surface area contributed by atoms with Crippen molar-refractivity contribution in [2.45, 2.75) is 0 Å². The molecule has 0 amide bonds. The lowest BCUT2D eigenvalue weighted by Gasteiger charge is -2.06. The molecule has 0 aliphatic carbocycles. The van der Waals surface area contributed by atoms with Gasteiger partial charge in [-0.1, -0.05) is 6.07 Å². The van der Waals surface area contributed by atoms with Crippen LogP contribution >= 0.6 is 0 Å². The van der Waals surface area contributed by atoms with E-state index in [0.717, 1.165) is 11.1 Å². The molecule has 0 saturated heterocycles. The van der Waals surface area contributed by atoms with E-state index in [4.69, 9.17) is 10.5 Å². The maximum Gasteiger partial charge on any atom is 0.280 e. The molecule has 4 aromatic rings. The Bertz CT molecular complexity index is 1150. The van der Waals surface area contributed by atoms with E-state index >= 15 is 0 Å². The lowest BCUT2D eigenvalue weighted by Crippen LogP contribution is -2.14. The molecule has 26 heavy (non-hydrogen) atoms. The molecular weight excluding hydrogens is 330 g/mol. The van der Waals surface area contributed by atoms with Gasteiger partial charge in [-0.05, 0) is 36.4 Å². The molecule has 3 N–H and O–H groups in total. The molecule has 2 heterocycles. The second kappa shape index (κ2) is 6.03. The van der Waals surface area contributed by atoms with Crippen LogP contribution in [-0.4, -0.2) is 34.8 Å². The number of nitrogen functional groups attached to an aromatic ring is 1. The molecule has 0 fully saturated rings. The highest BCUT2D eigenvalue weighted by Gasteiger charge is 2.18. The number of anilines is 2. The number of nitrogens with zero attached hydrogens (tertiary/aromatic N) is 3. The van der Waals surface area contributed by atoms with Crippen LogP contribution in [0.1, 0.15) is 10.4 Å². The van der Waals surface area contributed by atoms with Crippen LogP contribution < -0.4 is 15.8 Å². The number of nitrogens with one attached hydrogen (secondary N) is 1. The molecule has 7 heteroatoms. The van der Waals surface area contributed by atoms with E-state index in [9.17, 15) is 4.79 Å². The Balaban J connectivity index is 1.91. The maximum atomic E-state index is 13.0. The number of hydrogen-bond donors (Lipinski definition) is 2. The molecule has 2 aromatic heterocycles. The van der Waals surface area contributed by atoms with Gasteiger partial charge in [-0.15, -0.1) is 5.10 Å². The molecule has 130 valence electrons. The van der Waals surface area contributed by atoms with Crippen molar-refractivity contribution in [2.75, 3.05) is 25.2 Å². The SMILES string of the molecule is CNc1cccc(C(=O)n2nc(N)c3cc4ccc(OC)cc4nc32)c1. The number of methoxy groups -OCH3 is 1. The fraction of sp³-hybridized carbons (Fsp3) is 0.105. The third-order valence-electron chi connectivity index (χ3n) is 4.28. The highest BCUT2D eigenvalue weighted by atomic mass is 16.5. The lowest BCUT2D eigenvalue weighted by atomic mass is 10.1. The number of fused-ring (bicyclic) bond motifs is 2. The molecular formula is C19H17N5O2. The first-order chi connectivity index (χ1) is 12.6. The fourth-order valence-corrected chi connectivity index (χ4v) is 2.89. The number of ether oxygens (including phenoxy) is 1. The van der Waals surface area contributed by atoms with E-state index in [2.05, 4.69) is 15.4 Å². The van der Waals surface area contributed by atoms with Crippen LogP contribution in [-0.2, 0) is 0 Å². The van der Waals surface area contributed by atoms with Crippen LogP contribution in [0.3, 0.4) is 0 Å². The Morgan fingerprint density at radius 3 is 2.81 bits per heavy atom. The summed E-state index contributed by atoms with van der Waals surface area (Å²) in [5.74, 6) is 0.665. The maximum absolute atomic E-state index is 13.0. The van der Waals surface area contributed by atoms with E-state index in [1.807, 2.05) is 36.4 Å². The number of benzene rings is 2. The fourth-order valence-electron chi connectivity index (χ4n) is 2.89. The van der Waals surface area contributed by atoms with Gasteiger partial charge in [-0.2, -0.15) is 4.68 Å². The predicted octanol–water partition coefficient (Wildman–Crippen LogP) is 2.91. The van der Waals surface area contributed by atoms with Crippen LogP contribution in [0.5, 0.6) is 5.75 Å².